The molecule has 0 aromatic carbocycles. The molecule has 2 aromatic rings. The summed E-state index contributed by atoms with van der Waals surface area (Å²) in [4.78, 5) is 23.5. The van der Waals surface area contributed by atoms with Crippen LogP contribution in [0.3, 0.4) is 0 Å². The minimum Gasteiger partial charge on any atom is -0.360 e. The molecule has 3 amide bonds. The van der Waals surface area contributed by atoms with Crippen molar-refractivity contribution >= 4 is 51.5 Å². The first-order chi connectivity index (χ1) is 10.5. The molecule has 1 atom stereocenters. The maximum absolute atomic E-state index is 11.6. The smallest absolute Gasteiger partial charge is 0.318 e. The van der Waals surface area contributed by atoms with Gasteiger partial charge in [-0.3, -0.25) is 10.1 Å². The minimum absolute atomic E-state index is 0.445. The molecule has 7 nitrogen and oxygen atoms in total. The number of hydrogen-bond donors (Lipinski definition) is 3. The molecule has 0 spiro atoms. The summed E-state index contributed by atoms with van der Waals surface area (Å²) in [6, 6.07) is 3.26. The third kappa shape index (κ3) is 5.28. The first-order valence-corrected chi connectivity index (χ1v) is 8.99. The molecule has 1 unspecified atom stereocenters. The van der Waals surface area contributed by atoms with Gasteiger partial charge in [-0.25, -0.2) is 4.79 Å². The van der Waals surface area contributed by atoms with Crippen LogP contribution in [0.15, 0.2) is 21.9 Å². The van der Waals surface area contributed by atoms with Crippen molar-refractivity contribution in [2.75, 3.05) is 11.9 Å². The first-order valence-electron chi connectivity index (χ1n) is 6.41. The molecular weight excluding hydrogens is 342 g/mol. The SMILES string of the molecule is CC(Sc1nnc(NCCc2cccs2)s1)C(=O)NC(N)=O. The predicted octanol–water partition coefficient (Wildman–Crippen LogP) is 1.93. The van der Waals surface area contributed by atoms with E-state index in [2.05, 4.69) is 21.6 Å². The highest BCUT2D eigenvalue weighted by Crippen LogP contribution is 2.28. The number of imide groups is 1. The Kier molecular flexibility index (Phi) is 6.16. The molecule has 0 aliphatic heterocycles. The lowest BCUT2D eigenvalue weighted by Gasteiger charge is -2.06. The van der Waals surface area contributed by atoms with Crippen LogP contribution >= 0.6 is 34.4 Å². The Hall–Kier alpha value is -1.65. The Morgan fingerprint density at radius 1 is 1.45 bits per heavy atom. The van der Waals surface area contributed by atoms with E-state index in [0.29, 0.717) is 9.47 Å². The number of nitrogens with two attached hydrogens (primary N) is 1. The Labute approximate surface area is 139 Å². The van der Waals surface area contributed by atoms with Gasteiger partial charge in [0.05, 0.1) is 5.25 Å². The van der Waals surface area contributed by atoms with Gasteiger partial charge in [-0.2, -0.15) is 0 Å². The van der Waals surface area contributed by atoms with Crippen LogP contribution in [0.4, 0.5) is 9.93 Å². The van der Waals surface area contributed by atoms with E-state index in [1.807, 2.05) is 16.8 Å². The van der Waals surface area contributed by atoms with Crippen molar-refractivity contribution in [2.24, 2.45) is 5.73 Å². The second kappa shape index (κ2) is 8.11. The van der Waals surface area contributed by atoms with E-state index in [1.54, 1.807) is 18.3 Å². The second-order valence-corrected chi connectivity index (χ2v) is 7.84. The first kappa shape index (κ1) is 16.7. The highest BCUT2D eigenvalue weighted by Gasteiger charge is 2.18. The number of amides is 3. The third-order valence-corrected chi connectivity index (χ3v) is 5.53. The second-order valence-electron chi connectivity index (χ2n) is 4.24. The molecule has 0 fully saturated rings. The van der Waals surface area contributed by atoms with Crippen LogP contribution in [0, 0.1) is 0 Å². The van der Waals surface area contributed by atoms with Crippen LogP contribution in [0.2, 0.25) is 0 Å². The molecule has 0 aliphatic rings. The van der Waals surface area contributed by atoms with Crippen LogP contribution < -0.4 is 16.4 Å². The van der Waals surface area contributed by atoms with Crippen molar-refractivity contribution in [3.05, 3.63) is 22.4 Å². The number of urea groups is 1. The van der Waals surface area contributed by atoms with E-state index < -0.39 is 17.2 Å². The fourth-order valence-electron chi connectivity index (χ4n) is 1.50. The lowest BCUT2D eigenvalue weighted by molar-refractivity contribution is -0.119. The molecule has 2 heterocycles. The normalized spacial score (nSPS) is 11.9. The molecule has 4 N–H and O–H groups in total. The number of anilines is 1. The molecule has 2 aromatic heterocycles. The van der Waals surface area contributed by atoms with Gasteiger partial charge >= 0.3 is 6.03 Å². The number of carbonyl (C=O) groups is 2. The number of aromatic nitrogens is 2. The average Bonchev–Trinajstić information content (AvgIpc) is 3.10. The van der Waals surface area contributed by atoms with Gasteiger partial charge in [-0.1, -0.05) is 29.2 Å². The van der Waals surface area contributed by atoms with Crippen LogP contribution in [0.25, 0.3) is 0 Å². The van der Waals surface area contributed by atoms with Gasteiger partial charge in [-0.15, -0.1) is 21.5 Å². The maximum atomic E-state index is 11.6. The molecule has 118 valence electrons. The van der Waals surface area contributed by atoms with E-state index in [0.717, 1.165) is 13.0 Å². The van der Waals surface area contributed by atoms with E-state index in [-0.39, 0.29) is 0 Å². The van der Waals surface area contributed by atoms with Gasteiger partial charge in [0.15, 0.2) is 4.34 Å². The van der Waals surface area contributed by atoms with Gasteiger partial charge in [0.2, 0.25) is 11.0 Å². The van der Waals surface area contributed by atoms with E-state index in [1.165, 1.54) is 28.0 Å². The summed E-state index contributed by atoms with van der Waals surface area (Å²) >= 11 is 4.33. The number of rotatable bonds is 7. The van der Waals surface area contributed by atoms with Crippen LogP contribution in [-0.2, 0) is 11.2 Å². The summed E-state index contributed by atoms with van der Waals surface area (Å²) in [5.74, 6) is -0.445. The van der Waals surface area contributed by atoms with Crippen molar-refractivity contribution in [1.29, 1.82) is 0 Å². The molecular formula is C12H15N5O2S3. The van der Waals surface area contributed by atoms with E-state index in [9.17, 15) is 9.59 Å². The van der Waals surface area contributed by atoms with Crippen molar-refractivity contribution in [3.63, 3.8) is 0 Å². The Morgan fingerprint density at radius 2 is 2.27 bits per heavy atom. The molecule has 22 heavy (non-hydrogen) atoms. The highest BCUT2D eigenvalue weighted by atomic mass is 32.2. The summed E-state index contributed by atoms with van der Waals surface area (Å²) in [7, 11) is 0. The third-order valence-electron chi connectivity index (χ3n) is 2.53. The molecule has 0 radical (unpaired) electrons. The number of nitrogens with one attached hydrogen (secondary N) is 2. The van der Waals surface area contributed by atoms with Gasteiger partial charge in [0.1, 0.15) is 0 Å². The molecule has 0 bridgehead atoms. The average molecular weight is 357 g/mol. The molecule has 10 heteroatoms. The number of primary amides is 1. The zero-order valence-electron chi connectivity index (χ0n) is 11.7. The summed E-state index contributed by atoms with van der Waals surface area (Å²) < 4.78 is 0.658. The number of thiophene rings is 1. The molecule has 0 saturated heterocycles. The zero-order chi connectivity index (χ0) is 15.9. The monoisotopic (exact) mass is 357 g/mol. The summed E-state index contributed by atoms with van der Waals surface area (Å²) in [5, 5.41) is 15.6. The highest BCUT2D eigenvalue weighted by molar-refractivity contribution is 8.02. The zero-order valence-corrected chi connectivity index (χ0v) is 14.2. The van der Waals surface area contributed by atoms with Gasteiger partial charge < -0.3 is 11.1 Å². The number of carbonyl (C=O) groups excluding carboxylic acids is 2. The molecule has 2 rings (SSSR count). The lowest BCUT2D eigenvalue weighted by Crippen LogP contribution is -2.39. The van der Waals surface area contributed by atoms with E-state index in [4.69, 9.17) is 5.73 Å². The van der Waals surface area contributed by atoms with Crippen molar-refractivity contribution < 1.29 is 9.59 Å². The summed E-state index contributed by atoms with van der Waals surface area (Å²) in [6.07, 6.45) is 0.928. The van der Waals surface area contributed by atoms with Crippen molar-refractivity contribution in [2.45, 2.75) is 22.9 Å². The van der Waals surface area contributed by atoms with Gasteiger partial charge in [0.25, 0.3) is 0 Å². The number of nitrogens with zero attached hydrogens (tertiary/aromatic N) is 2. The Balaban J connectivity index is 1.78. The Morgan fingerprint density at radius 3 is 2.95 bits per heavy atom. The summed E-state index contributed by atoms with van der Waals surface area (Å²) in [5.41, 5.74) is 4.91. The number of thioether (sulfide) groups is 1. The quantitative estimate of drug-likeness (QED) is 0.653. The maximum Gasteiger partial charge on any atom is 0.318 e. The van der Waals surface area contributed by atoms with E-state index >= 15 is 0 Å². The molecule has 0 aliphatic carbocycles. The van der Waals surface area contributed by atoms with Crippen LogP contribution in [0.1, 0.15) is 11.8 Å². The van der Waals surface area contributed by atoms with Gasteiger partial charge in [-0.05, 0) is 24.8 Å². The predicted molar refractivity (Wildman–Crippen MR) is 89.5 cm³/mol. The standard InChI is InChI=1S/C12H15N5O2S3/c1-7(9(18)15-10(13)19)21-12-17-16-11(22-12)14-5-4-8-3-2-6-20-8/h2-3,6-7H,4-5H2,1H3,(H,14,16)(H3,13,15,18,19). The minimum atomic E-state index is -0.856. The topological polar surface area (TPSA) is 110 Å². The van der Waals surface area contributed by atoms with Gasteiger partial charge in [0, 0.05) is 11.4 Å². The van der Waals surface area contributed by atoms with Crippen molar-refractivity contribution in [3.8, 4) is 0 Å². The fraction of sp³-hybridized carbons (Fsp3) is 0.333. The summed E-state index contributed by atoms with van der Waals surface area (Å²) in [6.45, 7) is 2.45. The van der Waals surface area contributed by atoms with Crippen LogP contribution in [0.5, 0.6) is 0 Å². The lowest BCUT2D eigenvalue weighted by atomic mass is 10.3. The largest absolute Gasteiger partial charge is 0.360 e. The van der Waals surface area contributed by atoms with Crippen LogP contribution in [-0.4, -0.2) is 33.9 Å². The Bertz CT molecular complexity index is 629. The van der Waals surface area contributed by atoms with Crippen molar-refractivity contribution in [1.82, 2.24) is 15.5 Å². The molecule has 0 saturated carbocycles. The number of hydrogen-bond acceptors (Lipinski definition) is 8. The fourth-order valence-corrected chi connectivity index (χ4v) is 4.13.